The molecule has 3 aromatic heterocycles. The number of nitrogens with one attached hydrogen (secondary N) is 3. The van der Waals surface area contributed by atoms with Gasteiger partial charge in [0.25, 0.3) is 0 Å². The number of rotatable bonds is 7. The quantitative estimate of drug-likeness (QED) is 0.398. The van der Waals surface area contributed by atoms with Gasteiger partial charge in [-0.05, 0) is 44.7 Å². The Kier molecular flexibility index (Phi) is 7.34. The van der Waals surface area contributed by atoms with Crippen LogP contribution in [0.3, 0.4) is 0 Å². The number of hydrogen-bond acceptors (Lipinski definition) is 8. The average molecular weight is 545 g/mol. The second kappa shape index (κ2) is 10.9. The van der Waals surface area contributed by atoms with Gasteiger partial charge in [-0.15, -0.1) is 0 Å². The molecule has 3 aliphatic heterocycles. The van der Waals surface area contributed by atoms with Crippen LogP contribution in [0.2, 0.25) is 0 Å². The van der Waals surface area contributed by atoms with Crippen molar-refractivity contribution in [3.8, 4) is 0 Å². The Bertz CT molecular complexity index is 1280. The van der Waals surface area contributed by atoms with Crippen LogP contribution in [0.4, 0.5) is 30.6 Å². The Balaban J connectivity index is 1.27. The number of H-pyrrole nitrogens is 1. The van der Waals surface area contributed by atoms with Gasteiger partial charge in [0.05, 0.1) is 31.0 Å². The summed E-state index contributed by atoms with van der Waals surface area (Å²) in [5, 5.41) is 15.0. The summed E-state index contributed by atoms with van der Waals surface area (Å²) in [5.74, 6) is 1.96. The number of aryl methyl sites for hydroxylation is 1. The van der Waals surface area contributed by atoms with E-state index in [1.54, 1.807) is 4.90 Å². The number of alkyl halides is 3. The van der Waals surface area contributed by atoms with Crippen molar-refractivity contribution in [1.82, 2.24) is 30.0 Å². The molecule has 12 heteroatoms. The maximum Gasteiger partial charge on any atom is 0.401 e. The van der Waals surface area contributed by atoms with Crippen molar-refractivity contribution in [3.63, 3.8) is 0 Å². The lowest BCUT2D eigenvalue weighted by Crippen LogP contribution is -2.57. The number of anilines is 3. The smallest absolute Gasteiger partial charge is 0.379 e. The van der Waals surface area contributed by atoms with Crippen molar-refractivity contribution in [3.05, 3.63) is 35.7 Å². The van der Waals surface area contributed by atoms with Crippen LogP contribution in [-0.4, -0.2) is 87.1 Å². The third kappa shape index (κ3) is 6.28. The summed E-state index contributed by atoms with van der Waals surface area (Å²) < 4.78 is 45.3. The Labute approximate surface area is 225 Å². The van der Waals surface area contributed by atoms with Crippen LogP contribution in [0.15, 0.2) is 24.3 Å². The maximum atomic E-state index is 13.3. The van der Waals surface area contributed by atoms with E-state index in [-0.39, 0.29) is 18.1 Å². The summed E-state index contributed by atoms with van der Waals surface area (Å²) in [6.07, 6.45) is -0.281. The largest absolute Gasteiger partial charge is 0.401 e. The van der Waals surface area contributed by atoms with Crippen molar-refractivity contribution < 1.29 is 17.9 Å². The minimum Gasteiger partial charge on any atom is -0.379 e. The molecule has 9 nitrogen and oxygen atoms in total. The highest BCUT2D eigenvalue weighted by molar-refractivity contribution is 5.91. The minimum absolute atomic E-state index is 0.0383. The number of aromatic amines is 1. The fourth-order valence-electron chi connectivity index (χ4n) is 6.29. The third-order valence-electron chi connectivity index (χ3n) is 8.02. The Morgan fingerprint density at radius 1 is 1.05 bits per heavy atom. The predicted octanol–water partition coefficient (Wildman–Crippen LogP) is 4.60. The second-order valence-corrected chi connectivity index (χ2v) is 11.0. The molecular weight excluding hydrogens is 509 g/mol. The van der Waals surface area contributed by atoms with E-state index in [2.05, 4.69) is 31.8 Å². The van der Waals surface area contributed by atoms with Crippen LogP contribution < -0.4 is 10.6 Å². The minimum atomic E-state index is -4.18. The lowest BCUT2D eigenvalue weighted by Gasteiger charge is -2.49. The summed E-state index contributed by atoms with van der Waals surface area (Å²) in [6.45, 7) is 5.06. The predicted molar refractivity (Wildman–Crippen MR) is 143 cm³/mol. The van der Waals surface area contributed by atoms with E-state index in [1.807, 2.05) is 25.1 Å². The lowest BCUT2D eigenvalue weighted by atomic mass is 9.81. The van der Waals surface area contributed by atoms with Crippen LogP contribution in [0.25, 0.3) is 10.9 Å². The van der Waals surface area contributed by atoms with E-state index in [0.717, 1.165) is 74.4 Å². The van der Waals surface area contributed by atoms with Crippen molar-refractivity contribution >= 4 is 28.4 Å². The molecule has 0 radical (unpaired) electrons. The number of halogens is 3. The van der Waals surface area contributed by atoms with Gasteiger partial charge in [0.1, 0.15) is 11.6 Å². The van der Waals surface area contributed by atoms with Gasteiger partial charge in [0, 0.05) is 61.0 Å². The summed E-state index contributed by atoms with van der Waals surface area (Å²) in [6, 6.07) is 7.80. The first-order chi connectivity index (χ1) is 18.8. The van der Waals surface area contributed by atoms with E-state index in [9.17, 15) is 13.2 Å². The summed E-state index contributed by atoms with van der Waals surface area (Å²) >= 11 is 0. The number of nitrogens with zero attached hydrogens (tertiary/aromatic N) is 5. The number of fused-ring (bicyclic) bond motifs is 3. The zero-order valence-electron chi connectivity index (χ0n) is 22.1. The molecule has 39 heavy (non-hydrogen) atoms. The molecule has 0 aromatic carbocycles. The summed E-state index contributed by atoms with van der Waals surface area (Å²) in [4.78, 5) is 13.9. The van der Waals surface area contributed by atoms with Gasteiger partial charge in [-0.25, -0.2) is 4.98 Å². The van der Waals surface area contributed by atoms with Crippen LogP contribution in [0.1, 0.15) is 43.5 Å². The van der Waals surface area contributed by atoms with Gasteiger partial charge in [-0.3, -0.25) is 19.9 Å². The van der Waals surface area contributed by atoms with Crippen LogP contribution in [0, 0.1) is 6.92 Å². The third-order valence-corrected chi connectivity index (χ3v) is 8.02. The van der Waals surface area contributed by atoms with E-state index < -0.39 is 12.7 Å². The van der Waals surface area contributed by atoms with Gasteiger partial charge < -0.3 is 15.4 Å². The molecule has 6 rings (SSSR count). The fourth-order valence-corrected chi connectivity index (χ4v) is 6.29. The molecule has 0 saturated carbocycles. The first-order valence-electron chi connectivity index (χ1n) is 13.8. The first kappa shape index (κ1) is 26.3. The van der Waals surface area contributed by atoms with E-state index in [0.29, 0.717) is 30.3 Å². The molecule has 3 saturated heterocycles. The second-order valence-electron chi connectivity index (χ2n) is 11.0. The summed E-state index contributed by atoms with van der Waals surface area (Å²) in [7, 11) is 0. The van der Waals surface area contributed by atoms with Gasteiger partial charge in [-0.1, -0.05) is 6.42 Å². The first-order valence-corrected chi connectivity index (χ1v) is 13.8. The number of pyridine rings is 2. The SMILES string of the molecule is Cc1cc(Nc2cc3nc(CN4CCOCC4)ccc3c(NC3C[C@H]4CCC[C@@H](C3)N4CC(F)(F)F)n2)n[nH]1. The fraction of sp³-hybridized carbons (Fsp3) is 0.593. The molecule has 3 fully saturated rings. The highest BCUT2D eigenvalue weighted by Crippen LogP contribution is 2.38. The van der Waals surface area contributed by atoms with E-state index in [4.69, 9.17) is 14.7 Å². The molecule has 210 valence electrons. The van der Waals surface area contributed by atoms with Crippen LogP contribution in [0.5, 0.6) is 0 Å². The average Bonchev–Trinajstić information content (AvgIpc) is 3.28. The van der Waals surface area contributed by atoms with Crippen LogP contribution >= 0.6 is 0 Å². The molecule has 3 aromatic rings. The number of aromatic nitrogens is 4. The number of piperidine rings is 2. The van der Waals surface area contributed by atoms with Crippen molar-refractivity contribution in [1.29, 1.82) is 0 Å². The van der Waals surface area contributed by atoms with Crippen molar-refractivity contribution in [2.24, 2.45) is 0 Å². The molecule has 0 amide bonds. The monoisotopic (exact) mass is 544 g/mol. The standard InChI is InChI=1S/C27H35F3N8O/c1-17-11-25(36-35-17)33-24-14-23-22(6-5-18(31-23)15-37-7-9-39-10-8-37)26(34-24)32-19-12-20-3-2-4-21(13-19)38(20)16-27(28,29)30/h5-6,11,14,19-21H,2-4,7-10,12-13,15-16H2,1H3,(H3,32,33,34,35,36)/t19?,20-,21+. The molecule has 0 aliphatic carbocycles. The molecule has 2 bridgehead atoms. The highest BCUT2D eigenvalue weighted by atomic mass is 19.4. The number of ether oxygens (including phenoxy) is 1. The summed E-state index contributed by atoms with van der Waals surface area (Å²) in [5.41, 5.74) is 2.71. The van der Waals surface area contributed by atoms with Gasteiger partial charge >= 0.3 is 6.18 Å². The molecule has 1 unspecified atom stereocenters. The van der Waals surface area contributed by atoms with Gasteiger partial charge in [0.2, 0.25) is 0 Å². The van der Waals surface area contributed by atoms with Crippen molar-refractivity contribution in [2.45, 2.75) is 69.9 Å². The zero-order chi connectivity index (χ0) is 27.0. The number of morpholine rings is 1. The number of hydrogen-bond donors (Lipinski definition) is 3. The maximum absolute atomic E-state index is 13.3. The molecule has 6 heterocycles. The van der Waals surface area contributed by atoms with E-state index in [1.165, 1.54) is 0 Å². The highest BCUT2D eigenvalue weighted by Gasteiger charge is 2.43. The van der Waals surface area contributed by atoms with Gasteiger partial charge in [-0.2, -0.15) is 18.3 Å². The van der Waals surface area contributed by atoms with E-state index >= 15 is 0 Å². The normalized spacial score (nSPS) is 24.7. The molecule has 3 aliphatic rings. The van der Waals surface area contributed by atoms with Crippen LogP contribution in [-0.2, 0) is 11.3 Å². The topological polar surface area (TPSA) is 94.2 Å². The Hall–Kier alpha value is -2.96. The lowest BCUT2D eigenvalue weighted by molar-refractivity contribution is -0.165. The Morgan fingerprint density at radius 2 is 1.82 bits per heavy atom. The molecular formula is C27H35F3N8O. The molecule has 0 spiro atoms. The molecule has 3 atom stereocenters. The van der Waals surface area contributed by atoms with Crippen molar-refractivity contribution in [2.75, 3.05) is 43.5 Å². The zero-order valence-corrected chi connectivity index (χ0v) is 22.1. The Morgan fingerprint density at radius 3 is 2.51 bits per heavy atom. The molecule has 3 N–H and O–H groups in total. The van der Waals surface area contributed by atoms with Gasteiger partial charge in [0.15, 0.2) is 5.82 Å².